The molecule has 0 aromatic heterocycles. The van der Waals surface area contributed by atoms with E-state index in [0.29, 0.717) is 6.42 Å². The Bertz CT molecular complexity index is 663. The molecule has 0 radical (unpaired) electrons. The van der Waals surface area contributed by atoms with Crippen LogP contribution in [0.1, 0.15) is 56.2 Å². The molecular weight excluding hydrogens is 288 g/mol. The molecule has 3 heteroatoms. The Morgan fingerprint density at radius 2 is 2.13 bits per heavy atom. The first-order valence-electron chi connectivity index (χ1n) is 8.49. The highest BCUT2D eigenvalue weighted by Gasteiger charge is 2.57. The van der Waals surface area contributed by atoms with Gasteiger partial charge >= 0.3 is 5.97 Å². The predicted molar refractivity (Wildman–Crippen MR) is 91.3 cm³/mol. The van der Waals surface area contributed by atoms with Gasteiger partial charge in [0.1, 0.15) is 0 Å². The van der Waals surface area contributed by atoms with Crippen molar-refractivity contribution in [1.82, 2.24) is 0 Å². The molecule has 0 unspecified atom stereocenters. The first kappa shape index (κ1) is 16.3. The molecule has 0 bridgehead atoms. The van der Waals surface area contributed by atoms with Crippen molar-refractivity contribution in [1.29, 1.82) is 0 Å². The molecule has 124 valence electrons. The smallest absolute Gasteiger partial charge is 0.312 e. The summed E-state index contributed by atoms with van der Waals surface area (Å²) in [6.07, 6.45) is 4.13. The minimum Gasteiger partial charge on any atom is -0.481 e. The first-order chi connectivity index (χ1) is 10.8. The quantitative estimate of drug-likeness (QED) is 0.892. The van der Waals surface area contributed by atoms with Gasteiger partial charge in [-0.2, -0.15) is 0 Å². The number of aryl methyl sites for hydroxylation is 1. The largest absolute Gasteiger partial charge is 0.481 e. The van der Waals surface area contributed by atoms with Crippen LogP contribution in [0.15, 0.2) is 24.8 Å². The molecule has 1 fully saturated rings. The van der Waals surface area contributed by atoms with Crippen LogP contribution in [0, 0.1) is 11.3 Å². The molecule has 3 rings (SSSR count). The van der Waals surface area contributed by atoms with E-state index in [0.717, 1.165) is 36.8 Å². The number of aliphatic carboxylic acids is 1. The van der Waals surface area contributed by atoms with Crippen molar-refractivity contribution in [2.45, 2.75) is 51.4 Å². The lowest BCUT2D eigenvalue weighted by molar-refractivity contribution is -0.164. The number of aliphatic hydroxyl groups is 1. The first-order valence-corrected chi connectivity index (χ1v) is 8.49. The van der Waals surface area contributed by atoms with Gasteiger partial charge in [0.15, 0.2) is 0 Å². The number of fused-ring (bicyclic) bond motifs is 3. The molecule has 23 heavy (non-hydrogen) atoms. The van der Waals surface area contributed by atoms with E-state index in [9.17, 15) is 15.0 Å². The third kappa shape index (κ3) is 2.25. The third-order valence-electron chi connectivity index (χ3n) is 6.38. The van der Waals surface area contributed by atoms with Crippen molar-refractivity contribution in [3.8, 4) is 0 Å². The van der Waals surface area contributed by atoms with Gasteiger partial charge in [0.2, 0.25) is 0 Å². The number of benzene rings is 1. The maximum atomic E-state index is 12.0. The molecule has 0 amide bonds. The molecule has 1 aromatic carbocycles. The highest BCUT2D eigenvalue weighted by atomic mass is 16.4. The van der Waals surface area contributed by atoms with Gasteiger partial charge < -0.3 is 10.2 Å². The van der Waals surface area contributed by atoms with E-state index in [1.807, 2.05) is 6.92 Å². The van der Waals surface area contributed by atoms with Crippen LogP contribution >= 0.6 is 0 Å². The second-order valence-electron chi connectivity index (χ2n) is 7.63. The lowest BCUT2D eigenvalue weighted by Crippen LogP contribution is -2.55. The summed E-state index contributed by atoms with van der Waals surface area (Å²) >= 11 is 0. The molecule has 3 atom stereocenters. The summed E-state index contributed by atoms with van der Waals surface area (Å²) in [6, 6.07) is 6.49. The maximum absolute atomic E-state index is 12.0. The van der Waals surface area contributed by atoms with Gasteiger partial charge in [-0.05, 0) is 60.6 Å². The second-order valence-corrected chi connectivity index (χ2v) is 7.63. The topological polar surface area (TPSA) is 57.5 Å². The molecule has 2 aliphatic carbocycles. The monoisotopic (exact) mass is 314 g/mol. The second kappa shape index (κ2) is 5.48. The molecule has 3 nitrogen and oxygen atoms in total. The van der Waals surface area contributed by atoms with E-state index in [1.54, 1.807) is 0 Å². The van der Waals surface area contributed by atoms with Crippen LogP contribution in [0.3, 0.4) is 0 Å². The summed E-state index contributed by atoms with van der Waals surface area (Å²) in [7, 11) is 0. The molecule has 2 N–H and O–H groups in total. The average molecular weight is 314 g/mol. The Labute approximate surface area is 138 Å². The van der Waals surface area contributed by atoms with Crippen molar-refractivity contribution in [3.05, 3.63) is 41.5 Å². The van der Waals surface area contributed by atoms with Gasteiger partial charge in [-0.15, -0.1) is 0 Å². The van der Waals surface area contributed by atoms with Gasteiger partial charge in [-0.1, -0.05) is 43.7 Å². The Morgan fingerprint density at radius 1 is 1.39 bits per heavy atom. The number of allylic oxidation sites excluding steroid dienone is 1. The molecule has 0 aliphatic heterocycles. The van der Waals surface area contributed by atoms with Crippen LogP contribution in [0.4, 0.5) is 0 Å². The summed E-state index contributed by atoms with van der Waals surface area (Å²) < 4.78 is 0. The minimum absolute atomic E-state index is 0.00516. The zero-order chi connectivity index (χ0) is 16.8. The minimum atomic E-state index is -0.988. The number of carboxylic acids is 1. The number of hydrogen-bond donors (Lipinski definition) is 2. The number of aliphatic hydroxyl groups excluding tert-OH is 1. The van der Waals surface area contributed by atoms with Crippen LogP contribution in [0.5, 0.6) is 0 Å². The summed E-state index contributed by atoms with van der Waals surface area (Å²) in [5.74, 6) is -0.840. The highest BCUT2D eigenvalue weighted by Crippen LogP contribution is 2.57. The standard InChI is InChI=1S/C20H26O3/c1-13(2)14-5-7-16-15(11-14)6-8-17-19(16,3)9-4-10-20(17,12-21)18(22)23/h5,7,11,17,21H,1,4,6,8-10,12H2,2-3H3,(H,22,23)/t17-,19-,20-/m1/s1. The molecule has 1 saturated carbocycles. The fraction of sp³-hybridized carbons (Fsp3) is 0.550. The Balaban J connectivity index is 2.11. The number of hydrogen-bond acceptors (Lipinski definition) is 2. The van der Waals surface area contributed by atoms with Gasteiger partial charge in [0.05, 0.1) is 12.0 Å². The SMILES string of the molecule is C=C(C)c1ccc2c(c1)CC[C@H]1[C@@](CO)(C(=O)O)CCC[C@]21C. The van der Waals surface area contributed by atoms with E-state index < -0.39 is 11.4 Å². The van der Waals surface area contributed by atoms with Crippen LogP contribution in [-0.4, -0.2) is 22.8 Å². The van der Waals surface area contributed by atoms with Crippen LogP contribution in [-0.2, 0) is 16.6 Å². The van der Waals surface area contributed by atoms with Crippen molar-refractivity contribution >= 4 is 11.5 Å². The predicted octanol–water partition coefficient (Wildman–Crippen LogP) is 3.79. The molecule has 0 spiro atoms. The molecule has 0 heterocycles. The molecular formula is C20H26O3. The summed E-state index contributed by atoms with van der Waals surface area (Å²) in [6.45, 7) is 7.97. The summed E-state index contributed by atoms with van der Waals surface area (Å²) in [4.78, 5) is 12.0. The molecule has 1 aromatic rings. The van der Waals surface area contributed by atoms with Gasteiger partial charge in [-0.3, -0.25) is 4.79 Å². The third-order valence-corrected chi connectivity index (χ3v) is 6.38. The summed E-state index contributed by atoms with van der Waals surface area (Å²) in [5.41, 5.74) is 3.66. The zero-order valence-corrected chi connectivity index (χ0v) is 14.1. The van der Waals surface area contributed by atoms with E-state index in [-0.39, 0.29) is 17.9 Å². The van der Waals surface area contributed by atoms with Crippen molar-refractivity contribution in [2.24, 2.45) is 11.3 Å². The van der Waals surface area contributed by atoms with E-state index >= 15 is 0 Å². The highest BCUT2D eigenvalue weighted by molar-refractivity contribution is 5.76. The number of rotatable bonds is 3. The van der Waals surface area contributed by atoms with E-state index in [2.05, 4.69) is 31.7 Å². The molecule has 2 aliphatic rings. The van der Waals surface area contributed by atoms with Gasteiger partial charge in [0.25, 0.3) is 0 Å². The van der Waals surface area contributed by atoms with Gasteiger partial charge in [0, 0.05) is 0 Å². The molecule has 0 saturated heterocycles. The van der Waals surface area contributed by atoms with Crippen LogP contribution in [0.25, 0.3) is 5.57 Å². The van der Waals surface area contributed by atoms with Crippen LogP contribution in [0.2, 0.25) is 0 Å². The van der Waals surface area contributed by atoms with Crippen LogP contribution < -0.4 is 0 Å². The Hall–Kier alpha value is -1.61. The van der Waals surface area contributed by atoms with Gasteiger partial charge in [-0.25, -0.2) is 0 Å². The Morgan fingerprint density at radius 3 is 2.74 bits per heavy atom. The fourth-order valence-corrected chi connectivity index (χ4v) is 5.08. The maximum Gasteiger partial charge on any atom is 0.312 e. The summed E-state index contributed by atoms with van der Waals surface area (Å²) in [5, 5.41) is 19.8. The van der Waals surface area contributed by atoms with E-state index in [1.165, 1.54) is 11.1 Å². The normalized spacial score (nSPS) is 32.7. The average Bonchev–Trinajstić information content (AvgIpc) is 2.52. The number of carbonyl (C=O) groups is 1. The Kier molecular flexibility index (Phi) is 3.88. The van der Waals surface area contributed by atoms with Crippen molar-refractivity contribution < 1.29 is 15.0 Å². The van der Waals surface area contributed by atoms with Crippen molar-refractivity contribution in [2.75, 3.05) is 6.61 Å². The van der Waals surface area contributed by atoms with Crippen molar-refractivity contribution in [3.63, 3.8) is 0 Å². The van der Waals surface area contributed by atoms with E-state index in [4.69, 9.17) is 0 Å². The fourth-order valence-electron chi connectivity index (χ4n) is 5.08. The number of carboxylic acid groups (broad SMARTS) is 1. The zero-order valence-electron chi connectivity index (χ0n) is 14.1. The lowest BCUT2D eigenvalue weighted by Gasteiger charge is -2.54. The lowest BCUT2D eigenvalue weighted by atomic mass is 9.49.